The minimum Gasteiger partial charge on any atom is -0.478 e. The summed E-state index contributed by atoms with van der Waals surface area (Å²) in [6, 6.07) is 6.87. The quantitative estimate of drug-likeness (QED) is 0.790. The number of hydrogen-bond donors (Lipinski definition) is 2. The summed E-state index contributed by atoms with van der Waals surface area (Å²) in [5.41, 5.74) is 0. The Morgan fingerprint density at radius 2 is 2.05 bits per heavy atom. The van der Waals surface area contributed by atoms with Crippen LogP contribution in [-0.2, 0) is 21.4 Å². The lowest BCUT2D eigenvalue weighted by atomic mass is 10.4. The molecule has 0 fully saturated rings. The second-order valence-electron chi connectivity index (χ2n) is 4.17. The average molecular weight is 343 g/mol. The molecule has 0 spiro atoms. The fourth-order valence-corrected chi connectivity index (χ4v) is 4.81. The maximum absolute atomic E-state index is 12.1. The predicted molar refractivity (Wildman–Crippen MR) is 84.1 cm³/mol. The molecule has 2 N–H and O–H groups in total. The van der Waals surface area contributed by atoms with E-state index in [1.54, 1.807) is 24.3 Å². The summed E-state index contributed by atoms with van der Waals surface area (Å²) >= 11 is 2.57. The van der Waals surface area contributed by atoms with E-state index in [0.717, 1.165) is 20.7 Å². The molecule has 0 amide bonds. The van der Waals surface area contributed by atoms with Crippen molar-refractivity contribution in [1.82, 2.24) is 4.72 Å². The number of thiophene rings is 2. The highest BCUT2D eigenvalue weighted by Crippen LogP contribution is 2.22. The van der Waals surface area contributed by atoms with Crippen LogP contribution in [0.15, 0.2) is 34.6 Å². The molecule has 0 saturated heterocycles. The topological polar surface area (TPSA) is 83.5 Å². The van der Waals surface area contributed by atoms with Crippen molar-refractivity contribution in [2.75, 3.05) is 0 Å². The fraction of sp³-hybridized carbons (Fsp3) is 0.154. The highest BCUT2D eigenvalue weighted by Gasteiger charge is 2.15. The smallest absolute Gasteiger partial charge is 0.328 e. The number of carboxylic acid groups (broad SMARTS) is 1. The third-order valence-electron chi connectivity index (χ3n) is 2.49. The first kappa shape index (κ1) is 15.9. The van der Waals surface area contributed by atoms with E-state index in [4.69, 9.17) is 5.11 Å². The zero-order valence-corrected chi connectivity index (χ0v) is 13.5. The molecule has 5 nitrogen and oxygen atoms in total. The second kappa shape index (κ2) is 6.52. The standard InChI is InChI=1S/C13H13NO4S3/c1-9-2-7-13(19-9)21(17,18)14-8-11-4-3-10(20-11)5-6-12(15)16/h2-7,14H,8H2,1H3,(H,15,16). The number of hydrogen-bond acceptors (Lipinski definition) is 5. The van der Waals surface area contributed by atoms with Crippen molar-refractivity contribution in [2.24, 2.45) is 0 Å². The Hall–Kier alpha value is -1.48. The summed E-state index contributed by atoms with van der Waals surface area (Å²) in [5.74, 6) is -1.02. The molecule has 0 aromatic carbocycles. The molecule has 2 heterocycles. The molecule has 2 aromatic rings. The number of carboxylic acids is 1. The number of aryl methyl sites for hydroxylation is 1. The third-order valence-corrected chi connectivity index (χ3v) is 6.43. The Kier molecular flexibility index (Phi) is 4.94. The highest BCUT2D eigenvalue weighted by molar-refractivity contribution is 7.91. The van der Waals surface area contributed by atoms with E-state index in [0.29, 0.717) is 4.21 Å². The largest absolute Gasteiger partial charge is 0.478 e. The molecule has 2 aromatic heterocycles. The number of sulfonamides is 1. The highest BCUT2D eigenvalue weighted by atomic mass is 32.2. The van der Waals surface area contributed by atoms with Crippen molar-refractivity contribution >= 4 is 44.7 Å². The van der Waals surface area contributed by atoms with Crippen molar-refractivity contribution in [3.8, 4) is 0 Å². The van der Waals surface area contributed by atoms with Crippen molar-refractivity contribution < 1.29 is 18.3 Å². The van der Waals surface area contributed by atoms with E-state index in [9.17, 15) is 13.2 Å². The van der Waals surface area contributed by atoms with Crippen LogP contribution in [-0.4, -0.2) is 19.5 Å². The predicted octanol–water partition coefficient (Wildman–Crippen LogP) is 2.69. The van der Waals surface area contributed by atoms with Crippen LogP contribution in [0.4, 0.5) is 0 Å². The molecule has 0 aliphatic carbocycles. The van der Waals surface area contributed by atoms with Gasteiger partial charge in [0.25, 0.3) is 0 Å². The lowest BCUT2D eigenvalue weighted by Crippen LogP contribution is -2.21. The zero-order chi connectivity index (χ0) is 15.5. The molecule has 0 unspecified atom stereocenters. The minimum atomic E-state index is -3.49. The first-order valence-corrected chi connectivity index (χ1v) is 9.04. The molecule has 0 radical (unpaired) electrons. The first-order chi connectivity index (χ1) is 9.87. The van der Waals surface area contributed by atoms with Gasteiger partial charge in [-0.15, -0.1) is 22.7 Å². The van der Waals surface area contributed by atoms with Crippen LogP contribution >= 0.6 is 22.7 Å². The van der Waals surface area contributed by atoms with Gasteiger partial charge in [-0.2, -0.15) is 0 Å². The zero-order valence-electron chi connectivity index (χ0n) is 11.1. The molecular formula is C13H13NO4S3. The number of aliphatic carboxylic acids is 1. The Labute approximate surface area is 130 Å². The van der Waals surface area contributed by atoms with Crippen LogP contribution in [0, 0.1) is 6.92 Å². The van der Waals surface area contributed by atoms with Gasteiger partial charge in [-0.25, -0.2) is 17.9 Å². The van der Waals surface area contributed by atoms with E-state index in [1.165, 1.54) is 28.7 Å². The summed E-state index contributed by atoms with van der Waals surface area (Å²) in [6.45, 7) is 2.04. The van der Waals surface area contributed by atoms with E-state index >= 15 is 0 Å². The number of carbonyl (C=O) groups is 1. The van der Waals surface area contributed by atoms with Gasteiger partial charge in [-0.1, -0.05) is 0 Å². The second-order valence-corrected chi connectivity index (χ2v) is 8.65. The normalized spacial score (nSPS) is 12.0. The summed E-state index contributed by atoms with van der Waals surface area (Å²) in [7, 11) is -3.49. The van der Waals surface area contributed by atoms with Crippen LogP contribution in [0.5, 0.6) is 0 Å². The van der Waals surface area contributed by atoms with Crippen LogP contribution in [0.25, 0.3) is 6.08 Å². The Balaban J connectivity index is 2.01. The van der Waals surface area contributed by atoms with Gasteiger partial charge >= 0.3 is 5.97 Å². The molecule has 0 aliphatic rings. The Morgan fingerprint density at radius 3 is 2.67 bits per heavy atom. The molecule has 112 valence electrons. The third kappa shape index (κ3) is 4.50. The monoisotopic (exact) mass is 343 g/mol. The van der Waals surface area contributed by atoms with Gasteiger partial charge in [-0.05, 0) is 37.3 Å². The van der Waals surface area contributed by atoms with Gasteiger partial charge in [0, 0.05) is 27.3 Å². The van der Waals surface area contributed by atoms with Gasteiger partial charge in [0.1, 0.15) is 4.21 Å². The van der Waals surface area contributed by atoms with Crippen molar-refractivity contribution in [1.29, 1.82) is 0 Å². The molecule has 0 saturated carbocycles. The number of rotatable bonds is 6. The average Bonchev–Trinajstić information content (AvgIpc) is 3.03. The van der Waals surface area contributed by atoms with Gasteiger partial charge in [0.05, 0.1) is 0 Å². The Bertz CT molecular complexity index is 771. The SMILES string of the molecule is Cc1ccc(S(=O)(=O)NCc2ccc(C=CC(=O)O)s2)s1. The molecule has 0 atom stereocenters. The Morgan fingerprint density at radius 1 is 1.29 bits per heavy atom. The molecule has 0 aliphatic heterocycles. The van der Waals surface area contributed by atoms with Gasteiger partial charge < -0.3 is 5.11 Å². The van der Waals surface area contributed by atoms with Crippen molar-refractivity contribution in [3.63, 3.8) is 0 Å². The summed E-state index contributed by atoms with van der Waals surface area (Å²) in [5, 5.41) is 8.55. The first-order valence-electron chi connectivity index (χ1n) is 5.92. The summed E-state index contributed by atoms with van der Waals surface area (Å²) in [4.78, 5) is 12.9. The summed E-state index contributed by atoms with van der Waals surface area (Å²) in [6.07, 6.45) is 2.53. The lowest BCUT2D eigenvalue weighted by molar-refractivity contribution is -0.131. The van der Waals surface area contributed by atoms with Gasteiger partial charge in [0.15, 0.2) is 0 Å². The van der Waals surface area contributed by atoms with Crippen molar-refractivity contribution in [2.45, 2.75) is 17.7 Å². The maximum atomic E-state index is 12.1. The number of nitrogens with one attached hydrogen (secondary N) is 1. The van der Waals surface area contributed by atoms with Crippen LogP contribution in [0.2, 0.25) is 0 Å². The molecule has 8 heteroatoms. The minimum absolute atomic E-state index is 0.185. The van der Waals surface area contributed by atoms with E-state index in [-0.39, 0.29) is 6.54 Å². The van der Waals surface area contributed by atoms with E-state index in [2.05, 4.69) is 4.72 Å². The van der Waals surface area contributed by atoms with Gasteiger partial charge in [-0.3, -0.25) is 0 Å². The van der Waals surface area contributed by atoms with E-state index < -0.39 is 16.0 Å². The van der Waals surface area contributed by atoms with Crippen LogP contribution in [0.1, 0.15) is 14.6 Å². The van der Waals surface area contributed by atoms with Gasteiger partial charge in [0.2, 0.25) is 10.0 Å². The fourth-order valence-electron chi connectivity index (χ4n) is 1.53. The van der Waals surface area contributed by atoms with E-state index in [1.807, 2.05) is 6.92 Å². The lowest BCUT2D eigenvalue weighted by Gasteiger charge is -2.02. The molecule has 21 heavy (non-hydrogen) atoms. The summed E-state index contributed by atoms with van der Waals surface area (Å²) < 4.78 is 26.9. The van der Waals surface area contributed by atoms with Crippen LogP contribution in [0.3, 0.4) is 0 Å². The molecular weight excluding hydrogens is 330 g/mol. The maximum Gasteiger partial charge on any atom is 0.328 e. The van der Waals surface area contributed by atoms with Crippen molar-refractivity contribution in [3.05, 3.63) is 45.0 Å². The van der Waals surface area contributed by atoms with Crippen LogP contribution < -0.4 is 4.72 Å². The molecule has 2 rings (SSSR count). The molecule has 0 bridgehead atoms.